The van der Waals surface area contributed by atoms with Crippen LogP contribution in [0.3, 0.4) is 0 Å². The summed E-state index contributed by atoms with van der Waals surface area (Å²) in [6.07, 6.45) is 3.62. The molecule has 0 spiro atoms. The Bertz CT molecular complexity index is 590. The van der Waals surface area contributed by atoms with Crippen LogP contribution < -0.4 is 4.90 Å². The number of benzene rings is 1. The zero-order valence-corrected chi connectivity index (χ0v) is 13.4. The summed E-state index contributed by atoms with van der Waals surface area (Å²) in [7, 11) is 0. The van der Waals surface area contributed by atoms with Crippen molar-refractivity contribution in [3.63, 3.8) is 0 Å². The molecule has 2 aliphatic heterocycles. The van der Waals surface area contributed by atoms with Gasteiger partial charge < -0.3 is 14.5 Å². The van der Waals surface area contributed by atoms with Gasteiger partial charge in [0.25, 0.3) is 0 Å². The minimum atomic E-state index is 0.112. The van der Waals surface area contributed by atoms with Crippen molar-refractivity contribution in [2.75, 3.05) is 37.7 Å². The van der Waals surface area contributed by atoms with Crippen molar-refractivity contribution in [2.45, 2.75) is 31.8 Å². The number of anilines is 1. The summed E-state index contributed by atoms with van der Waals surface area (Å²) in [6, 6.07) is 9.94. The first-order valence-electron chi connectivity index (χ1n) is 8.41. The molecule has 0 radical (unpaired) electrons. The summed E-state index contributed by atoms with van der Waals surface area (Å²) in [5.74, 6) is 0.201. The van der Waals surface area contributed by atoms with Crippen LogP contribution >= 0.6 is 0 Å². The molecule has 0 aliphatic carbocycles. The van der Waals surface area contributed by atoms with E-state index >= 15 is 0 Å². The SMILES string of the molecule is N#Cc1ccccc1N1CCCN(C(=O)C[C@@H]2CCCO2)CC1. The first-order chi connectivity index (χ1) is 11.3. The number of carbonyl (C=O) groups excluding carboxylic acids is 1. The molecule has 2 aliphatic rings. The topological polar surface area (TPSA) is 56.6 Å². The summed E-state index contributed by atoms with van der Waals surface area (Å²) < 4.78 is 5.57. The molecule has 1 atom stereocenters. The molecule has 2 saturated heterocycles. The van der Waals surface area contributed by atoms with Gasteiger partial charge in [0.1, 0.15) is 6.07 Å². The van der Waals surface area contributed by atoms with Gasteiger partial charge in [-0.3, -0.25) is 4.79 Å². The first kappa shape index (κ1) is 15.8. The van der Waals surface area contributed by atoms with E-state index in [0.29, 0.717) is 18.5 Å². The first-order valence-corrected chi connectivity index (χ1v) is 8.41. The lowest BCUT2D eigenvalue weighted by Crippen LogP contribution is -2.36. The summed E-state index contributed by atoms with van der Waals surface area (Å²) in [6.45, 7) is 3.94. The predicted octanol–water partition coefficient (Wildman–Crippen LogP) is 2.17. The Morgan fingerprint density at radius 1 is 1.22 bits per heavy atom. The molecule has 3 rings (SSSR count). The van der Waals surface area contributed by atoms with Crippen molar-refractivity contribution < 1.29 is 9.53 Å². The maximum Gasteiger partial charge on any atom is 0.225 e. The van der Waals surface area contributed by atoms with Gasteiger partial charge in [-0.2, -0.15) is 5.26 Å². The number of ether oxygens (including phenoxy) is 1. The van der Waals surface area contributed by atoms with E-state index in [0.717, 1.165) is 51.2 Å². The number of nitrogens with zero attached hydrogens (tertiary/aromatic N) is 3. The van der Waals surface area contributed by atoms with Crippen molar-refractivity contribution in [3.8, 4) is 6.07 Å². The van der Waals surface area contributed by atoms with E-state index in [9.17, 15) is 10.1 Å². The van der Waals surface area contributed by atoms with Gasteiger partial charge in [-0.1, -0.05) is 12.1 Å². The molecule has 0 aromatic heterocycles. The Labute approximate surface area is 137 Å². The maximum absolute atomic E-state index is 12.4. The zero-order chi connectivity index (χ0) is 16.1. The number of amides is 1. The van der Waals surface area contributed by atoms with Gasteiger partial charge in [0, 0.05) is 32.8 Å². The van der Waals surface area contributed by atoms with Gasteiger partial charge >= 0.3 is 0 Å². The van der Waals surface area contributed by atoms with E-state index in [-0.39, 0.29) is 12.0 Å². The Hall–Kier alpha value is -2.06. The van der Waals surface area contributed by atoms with Gasteiger partial charge in [0.05, 0.1) is 23.8 Å². The lowest BCUT2D eigenvalue weighted by atomic mass is 10.1. The molecular weight excluding hydrogens is 290 g/mol. The van der Waals surface area contributed by atoms with E-state index in [1.54, 1.807) is 0 Å². The maximum atomic E-state index is 12.4. The van der Waals surface area contributed by atoms with Gasteiger partial charge in [-0.15, -0.1) is 0 Å². The van der Waals surface area contributed by atoms with Crippen molar-refractivity contribution in [2.24, 2.45) is 0 Å². The molecule has 0 saturated carbocycles. The van der Waals surface area contributed by atoms with E-state index < -0.39 is 0 Å². The molecule has 2 heterocycles. The van der Waals surface area contributed by atoms with Crippen LogP contribution in [0.25, 0.3) is 0 Å². The average Bonchev–Trinajstić information content (AvgIpc) is 2.96. The normalized spacial score (nSPS) is 21.8. The summed E-state index contributed by atoms with van der Waals surface area (Å²) in [5.41, 5.74) is 1.68. The molecule has 0 N–H and O–H groups in total. The van der Waals surface area contributed by atoms with Gasteiger partial charge in [-0.25, -0.2) is 0 Å². The molecule has 1 aromatic carbocycles. The van der Waals surface area contributed by atoms with Crippen molar-refractivity contribution in [3.05, 3.63) is 29.8 Å². The van der Waals surface area contributed by atoms with Crippen LogP contribution in [0.15, 0.2) is 24.3 Å². The monoisotopic (exact) mass is 313 g/mol. The van der Waals surface area contributed by atoms with Crippen LogP contribution in [0.2, 0.25) is 0 Å². The van der Waals surface area contributed by atoms with Crippen LogP contribution in [-0.2, 0) is 9.53 Å². The lowest BCUT2D eigenvalue weighted by Gasteiger charge is -2.25. The van der Waals surface area contributed by atoms with E-state index in [1.165, 1.54) is 0 Å². The highest BCUT2D eigenvalue weighted by atomic mass is 16.5. The van der Waals surface area contributed by atoms with Crippen LogP contribution in [0.5, 0.6) is 0 Å². The van der Waals surface area contributed by atoms with E-state index in [4.69, 9.17) is 4.74 Å². The molecule has 5 nitrogen and oxygen atoms in total. The fraction of sp³-hybridized carbons (Fsp3) is 0.556. The van der Waals surface area contributed by atoms with Crippen LogP contribution in [0, 0.1) is 11.3 Å². The van der Waals surface area contributed by atoms with Gasteiger partial charge in [0.15, 0.2) is 0 Å². The third-order valence-electron chi connectivity index (χ3n) is 4.64. The Morgan fingerprint density at radius 3 is 2.87 bits per heavy atom. The smallest absolute Gasteiger partial charge is 0.225 e. The third-order valence-corrected chi connectivity index (χ3v) is 4.64. The summed E-state index contributed by atoms with van der Waals surface area (Å²) in [4.78, 5) is 16.6. The quantitative estimate of drug-likeness (QED) is 0.858. The Balaban J connectivity index is 1.60. The molecule has 23 heavy (non-hydrogen) atoms. The molecular formula is C18H23N3O2. The Kier molecular flexibility index (Phi) is 5.14. The van der Waals surface area contributed by atoms with Crippen molar-refractivity contribution in [1.82, 2.24) is 4.90 Å². The minimum absolute atomic E-state index is 0.112. The predicted molar refractivity (Wildman–Crippen MR) is 88.2 cm³/mol. The van der Waals surface area contributed by atoms with Gasteiger partial charge in [0.2, 0.25) is 5.91 Å². The molecule has 0 bridgehead atoms. The number of rotatable bonds is 3. The average molecular weight is 313 g/mol. The minimum Gasteiger partial charge on any atom is -0.378 e. The molecule has 1 amide bonds. The number of nitriles is 1. The molecule has 122 valence electrons. The molecule has 0 unspecified atom stereocenters. The summed E-state index contributed by atoms with van der Waals surface area (Å²) >= 11 is 0. The number of hydrogen-bond acceptors (Lipinski definition) is 4. The van der Waals surface area contributed by atoms with Crippen molar-refractivity contribution in [1.29, 1.82) is 5.26 Å². The third kappa shape index (κ3) is 3.83. The second-order valence-electron chi connectivity index (χ2n) is 6.19. The Morgan fingerprint density at radius 2 is 2.09 bits per heavy atom. The zero-order valence-electron chi connectivity index (χ0n) is 13.4. The van der Waals surface area contributed by atoms with E-state index in [1.807, 2.05) is 29.2 Å². The second-order valence-corrected chi connectivity index (χ2v) is 6.19. The largest absolute Gasteiger partial charge is 0.378 e. The van der Waals surface area contributed by atoms with Gasteiger partial charge in [-0.05, 0) is 31.4 Å². The lowest BCUT2D eigenvalue weighted by molar-refractivity contribution is -0.133. The molecule has 5 heteroatoms. The summed E-state index contributed by atoms with van der Waals surface area (Å²) in [5, 5.41) is 9.26. The van der Waals surface area contributed by atoms with Crippen molar-refractivity contribution >= 4 is 11.6 Å². The fourth-order valence-corrected chi connectivity index (χ4v) is 3.38. The standard InChI is InChI=1S/C18H23N3O2/c19-14-15-5-1-2-7-17(15)20-8-4-9-21(11-10-20)18(22)13-16-6-3-12-23-16/h1-2,5,7,16H,3-4,6,8-13H2/t16-/m0/s1. The van der Waals surface area contributed by atoms with E-state index in [2.05, 4.69) is 11.0 Å². The van der Waals surface area contributed by atoms with Crippen LogP contribution in [0.4, 0.5) is 5.69 Å². The highest BCUT2D eigenvalue weighted by molar-refractivity contribution is 5.77. The molecule has 2 fully saturated rings. The number of hydrogen-bond donors (Lipinski definition) is 0. The highest BCUT2D eigenvalue weighted by Crippen LogP contribution is 2.22. The number of carbonyl (C=O) groups is 1. The van der Waals surface area contributed by atoms with Crippen LogP contribution in [0.1, 0.15) is 31.2 Å². The number of para-hydroxylation sites is 1. The second kappa shape index (κ2) is 7.47. The fourth-order valence-electron chi connectivity index (χ4n) is 3.38. The molecule has 1 aromatic rings. The highest BCUT2D eigenvalue weighted by Gasteiger charge is 2.25. The van der Waals surface area contributed by atoms with Crippen LogP contribution in [-0.4, -0.2) is 49.7 Å².